The number of hydrogen-bond donors (Lipinski definition) is 0. The van der Waals surface area contributed by atoms with Crippen molar-refractivity contribution in [2.24, 2.45) is 0 Å². The van der Waals surface area contributed by atoms with Gasteiger partial charge in [0.05, 0.1) is 0 Å². The minimum Gasteiger partial charge on any atom is -0.294 e. The van der Waals surface area contributed by atoms with Crippen molar-refractivity contribution in [3.05, 3.63) is 59.2 Å². The molecule has 2 heteroatoms. The molecule has 1 aliphatic rings. The van der Waals surface area contributed by atoms with Crippen LogP contribution in [0, 0.1) is 0 Å². The van der Waals surface area contributed by atoms with E-state index in [4.69, 9.17) is 0 Å². The lowest BCUT2D eigenvalue weighted by Crippen LogP contribution is -1.98. The van der Waals surface area contributed by atoms with Crippen molar-refractivity contribution in [1.82, 2.24) is 0 Å². The second-order valence-electron chi connectivity index (χ2n) is 4.16. The lowest BCUT2D eigenvalue weighted by molar-refractivity contribution is 0.101. The van der Waals surface area contributed by atoms with Gasteiger partial charge in [-0.2, -0.15) is 0 Å². The summed E-state index contributed by atoms with van der Waals surface area (Å²) in [5.41, 5.74) is 3.62. The van der Waals surface area contributed by atoms with Gasteiger partial charge in [-0.1, -0.05) is 42.5 Å². The van der Waals surface area contributed by atoms with Crippen LogP contribution in [0.5, 0.6) is 0 Å². The van der Waals surface area contributed by atoms with Crippen molar-refractivity contribution < 1.29 is 9.59 Å². The SMILES string of the molecule is CC(=O)c1cccc2c1-c1ccccc1C2=O. The summed E-state index contributed by atoms with van der Waals surface area (Å²) in [4.78, 5) is 23.8. The van der Waals surface area contributed by atoms with E-state index < -0.39 is 0 Å². The molecule has 0 saturated carbocycles. The monoisotopic (exact) mass is 222 g/mol. The molecule has 0 aliphatic heterocycles. The third-order valence-electron chi connectivity index (χ3n) is 3.13. The van der Waals surface area contributed by atoms with Crippen LogP contribution in [0.2, 0.25) is 0 Å². The molecule has 0 saturated heterocycles. The van der Waals surface area contributed by atoms with Crippen molar-refractivity contribution in [2.45, 2.75) is 6.92 Å². The largest absolute Gasteiger partial charge is 0.294 e. The fourth-order valence-corrected chi connectivity index (χ4v) is 2.37. The first-order valence-corrected chi connectivity index (χ1v) is 5.48. The summed E-state index contributed by atoms with van der Waals surface area (Å²) in [5.74, 6) is 0.00468. The standard InChI is InChI=1S/C15H10O2/c1-9(16)10-7-4-8-13-14(10)11-5-2-3-6-12(11)15(13)17/h2-8H,1H3. The Labute approximate surface area is 98.9 Å². The van der Waals surface area contributed by atoms with Crippen molar-refractivity contribution in [1.29, 1.82) is 0 Å². The van der Waals surface area contributed by atoms with Crippen LogP contribution in [0.1, 0.15) is 33.2 Å². The molecule has 3 rings (SSSR count). The number of benzene rings is 2. The third-order valence-corrected chi connectivity index (χ3v) is 3.13. The molecule has 0 atom stereocenters. The van der Waals surface area contributed by atoms with E-state index in [0.29, 0.717) is 16.7 Å². The molecule has 0 aromatic heterocycles. The predicted molar refractivity (Wildman–Crippen MR) is 65.3 cm³/mol. The zero-order valence-corrected chi connectivity index (χ0v) is 9.36. The quantitative estimate of drug-likeness (QED) is 0.593. The zero-order valence-electron chi connectivity index (χ0n) is 9.36. The van der Waals surface area contributed by atoms with Crippen LogP contribution in [-0.4, -0.2) is 11.6 Å². The van der Waals surface area contributed by atoms with Crippen LogP contribution in [-0.2, 0) is 0 Å². The van der Waals surface area contributed by atoms with Gasteiger partial charge in [-0.3, -0.25) is 9.59 Å². The van der Waals surface area contributed by atoms with E-state index in [0.717, 1.165) is 11.1 Å². The van der Waals surface area contributed by atoms with E-state index in [-0.39, 0.29) is 11.6 Å². The summed E-state index contributed by atoms with van der Waals surface area (Å²) in [6.07, 6.45) is 0. The molecule has 2 aromatic rings. The minimum atomic E-state index is -0.00801. The van der Waals surface area contributed by atoms with Gasteiger partial charge in [0.15, 0.2) is 11.6 Å². The molecule has 0 heterocycles. The van der Waals surface area contributed by atoms with Gasteiger partial charge in [0.2, 0.25) is 0 Å². The molecule has 2 aromatic carbocycles. The molecular formula is C15H10O2. The molecule has 0 radical (unpaired) electrons. The number of carbonyl (C=O) groups is 2. The normalized spacial score (nSPS) is 12.2. The molecule has 0 unspecified atom stereocenters. The van der Waals surface area contributed by atoms with Gasteiger partial charge < -0.3 is 0 Å². The Morgan fingerprint density at radius 1 is 0.882 bits per heavy atom. The highest BCUT2D eigenvalue weighted by molar-refractivity contribution is 6.24. The van der Waals surface area contributed by atoms with Crippen molar-refractivity contribution in [3.63, 3.8) is 0 Å². The van der Waals surface area contributed by atoms with Gasteiger partial charge in [-0.25, -0.2) is 0 Å². The molecule has 0 bridgehead atoms. The Morgan fingerprint density at radius 2 is 1.53 bits per heavy atom. The van der Waals surface area contributed by atoms with Gasteiger partial charge in [0, 0.05) is 22.3 Å². The van der Waals surface area contributed by atoms with E-state index in [1.165, 1.54) is 6.92 Å². The topological polar surface area (TPSA) is 34.1 Å². The van der Waals surface area contributed by atoms with Crippen LogP contribution in [0.4, 0.5) is 0 Å². The first-order chi connectivity index (χ1) is 8.20. The highest BCUT2D eigenvalue weighted by Gasteiger charge is 2.28. The number of Topliss-reactive ketones (excluding diaryl/α,β-unsaturated/α-hetero) is 1. The molecule has 0 fully saturated rings. The van der Waals surface area contributed by atoms with Gasteiger partial charge in [0.1, 0.15) is 0 Å². The van der Waals surface area contributed by atoms with Crippen molar-refractivity contribution in [3.8, 4) is 11.1 Å². The van der Waals surface area contributed by atoms with Gasteiger partial charge in [-0.15, -0.1) is 0 Å². The third kappa shape index (κ3) is 1.27. The zero-order chi connectivity index (χ0) is 12.0. The molecule has 1 aliphatic carbocycles. The summed E-state index contributed by atoms with van der Waals surface area (Å²) in [7, 11) is 0. The number of fused-ring (bicyclic) bond motifs is 3. The Morgan fingerprint density at radius 3 is 2.24 bits per heavy atom. The first-order valence-electron chi connectivity index (χ1n) is 5.48. The maximum atomic E-state index is 12.2. The molecule has 0 amide bonds. The van der Waals surface area contributed by atoms with Crippen molar-refractivity contribution in [2.75, 3.05) is 0 Å². The average molecular weight is 222 g/mol. The molecule has 0 spiro atoms. The van der Waals surface area contributed by atoms with Crippen LogP contribution in [0.3, 0.4) is 0 Å². The van der Waals surface area contributed by atoms with Gasteiger partial charge in [-0.05, 0) is 12.5 Å². The smallest absolute Gasteiger partial charge is 0.194 e. The molecular weight excluding hydrogens is 212 g/mol. The summed E-state index contributed by atoms with van der Waals surface area (Å²) in [6, 6.07) is 12.8. The Bertz CT molecular complexity index is 654. The van der Waals surface area contributed by atoms with E-state index in [2.05, 4.69) is 0 Å². The van der Waals surface area contributed by atoms with Gasteiger partial charge >= 0.3 is 0 Å². The fourth-order valence-electron chi connectivity index (χ4n) is 2.37. The summed E-state index contributed by atoms with van der Waals surface area (Å²) in [5, 5.41) is 0. The van der Waals surface area contributed by atoms with E-state index in [1.807, 2.05) is 24.3 Å². The number of carbonyl (C=O) groups excluding carboxylic acids is 2. The maximum absolute atomic E-state index is 12.2. The first kappa shape index (κ1) is 9.97. The van der Waals surface area contributed by atoms with Gasteiger partial charge in [0.25, 0.3) is 0 Å². The highest BCUT2D eigenvalue weighted by atomic mass is 16.1. The Kier molecular flexibility index (Phi) is 1.99. The van der Waals surface area contributed by atoms with E-state index in [9.17, 15) is 9.59 Å². The van der Waals surface area contributed by atoms with Crippen LogP contribution < -0.4 is 0 Å². The summed E-state index contributed by atoms with van der Waals surface area (Å²) in [6.45, 7) is 1.53. The predicted octanol–water partition coefficient (Wildman–Crippen LogP) is 3.10. The maximum Gasteiger partial charge on any atom is 0.194 e. The van der Waals surface area contributed by atoms with Crippen LogP contribution in [0.25, 0.3) is 11.1 Å². The number of hydrogen-bond acceptors (Lipinski definition) is 2. The minimum absolute atomic E-state index is 0.00801. The van der Waals surface area contributed by atoms with Crippen LogP contribution >= 0.6 is 0 Å². The second kappa shape index (κ2) is 3.39. The summed E-state index contributed by atoms with van der Waals surface area (Å²) < 4.78 is 0. The summed E-state index contributed by atoms with van der Waals surface area (Å²) >= 11 is 0. The van der Waals surface area contributed by atoms with E-state index in [1.54, 1.807) is 18.2 Å². The lowest BCUT2D eigenvalue weighted by atomic mass is 9.97. The average Bonchev–Trinajstić information content (AvgIpc) is 2.64. The molecule has 0 N–H and O–H groups in total. The van der Waals surface area contributed by atoms with Crippen molar-refractivity contribution >= 4 is 11.6 Å². The van der Waals surface area contributed by atoms with E-state index >= 15 is 0 Å². The fraction of sp³-hybridized carbons (Fsp3) is 0.0667. The lowest BCUT2D eigenvalue weighted by Gasteiger charge is -2.04. The number of rotatable bonds is 1. The Balaban J connectivity index is 2.42. The number of ketones is 2. The second-order valence-corrected chi connectivity index (χ2v) is 4.16. The molecule has 17 heavy (non-hydrogen) atoms. The highest BCUT2D eigenvalue weighted by Crippen LogP contribution is 2.38. The molecule has 2 nitrogen and oxygen atoms in total. The van der Waals surface area contributed by atoms with Crippen LogP contribution in [0.15, 0.2) is 42.5 Å². The molecule has 82 valence electrons. The Hall–Kier alpha value is -2.22.